The molecule has 3 fully saturated rings. The van der Waals surface area contributed by atoms with Crippen molar-refractivity contribution >= 4 is 71.0 Å². The summed E-state index contributed by atoms with van der Waals surface area (Å²) in [6.45, 7) is 3.67. The Morgan fingerprint density at radius 3 is 1.55 bits per heavy atom. The summed E-state index contributed by atoms with van der Waals surface area (Å²) in [5, 5.41) is 25.2. The summed E-state index contributed by atoms with van der Waals surface area (Å²) in [6.07, 6.45) is -15.1. The number of aromatic nitrogens is 6. The van der Waals surface area contributed by atoms with Crippen molar-refractivity contribution in [3.8, 4) is 0 Å². The first-order valence-corrected chi connectivity index (χ1v) is 28.2. The third-order valence-corrected chi connectivity index (χ3v) is 14.3. The molecule has 5 aromatic rings. The Kier molecular flexibility index (Phi) is 22.5. The first-order chi connectivity index (χ1) is 41.7. The maximum atomic E-state index is 14.2. The number of rotatable bonds is 25. The van der Waals surface area contributed by atoms with Crippen molar-refractivity contribution in [2.24, 2.45) is 0 Å². The number of esters is 8. The number of aryl methyl sites for hydroxylation is 1. The molecule has 0 radical (unpaired) electrons. The number of hydrogen-bond acceptors (Lipinski definition) is 26. The molecular formula is C57H62Cl2N6O22. The van der Waals surface area contributed by atoms with Crippen LogP contribution < -0.4 is 0 Å². The average molecular weight is 1250 g/mol. The first kappa shape index (κ1) is 65.0. The number of nitrogens with zero attached hydrogens (tertiary/aromatic N) is 6. The van der Waals surface area contributed by atoms with Crippen LogP contribution in [0.1, 0.15) is 83.5 Å². The molecule has 87 heavy (non-hydrogen) atoms. The maximum Gasteiger partial charge on any atom is 0.338 e. The van der Waals surface area contributed by atoms with Gasteiger partial charge in [0.15, 0.2) is 49.0 Å². The van der Waals surface area contributed by atoms with Crippen LogP contribution in [0.2, 0.25) is 0 Å². The minimum Gasteiger partial charge on any atom is -0.463 e. The van der Waals surface area contributed by atoms with E-state index in [0.29, 0.717) is 18.5 Å². The SMILES string of the molecule is CC(=O)OC[C@H]1O[C@H](O[C@]2(CCl)O[C@H](Cn3cc(CO[C@@H]4O[C@H](Cn5cc(CCCO)nn5)[C@@H](OC(=O)c5ccccc5)[C@H](OC(=O)c5ccccc5)[C@H]4OC(=O)c4ccccc4)nn3)[C@@H](OC(C)=O)[C@@H]2OC(C)=O)[C@H](OC(C)=O)[C@@H](OC(C)=O)[C@H]1Cl. The molecule has 5 heterocycles. The Hall–Kier alpha value is -7.96. The van der Waals surface area contributed by atoms with Crippen molar-refractivity contribution in [2.75, 3.05) is 19.1 Å². The van der Waals surface area contributed by atoms with E-state index < -0.39 is 152 Å². The number of carbonyl (C=O) groups excluding carboxylic acids is 8. The van der Waals surface area contributed by atoms with Crippen LogP contribution in [-0.2, 0) is 112 Å². The summed E-state index contributed by atoms with van der Waals surface area (Å²) in [5.41, 5.74) is 0.884. The second-order valence-electron chi connectivity index (χ2n) is 20.0. The molecule has 0 bridgehead atoms. The van der Waals surface area contributed by atoms with Crippen LogP contribution in [0, 0.1) is 0 Å². The van der Waals surface area contributed by atoms with E-state index in [4.69, 9.17) is 84.8 Å². The fourth-order valence-electron chi connectivity index (χ4n) is 9.70. The highest BCUT2D eigenvalue weighted by molar-refractivity contribution is 6.21. The lowest BCUT2D eigenvalue weighted by atomic mass is 9.97. The predicted octanol–water partition coefficient (Wildman–Crippen LogP) is 3.39. The molecule has 2 aromatic heterocycles. The smallest absolute Gasteiger partial charge is 0.338 e. The number of aliphatic hydroxyl groups is 1. The number of ether oxygens (including phenoxy) is 13. The van der Waals surface area contributed by atoms with Crippen molar-refractivity contribution < 1.29 is 105 Å². The molecule has 3 aromatic carbocycles. The zero-order valence-corrected chi connectivity index (χ0v) is 48.9. The van der Waals surface area contributed by atoms with Crippen LogP contribution >= 0.6 is 23.2 Å². The first-order valence-electron chi connectivity index (χ1n) is 27.2. The number of alkyl halides is 2. The van der Waals surface area contributed by atoms with Gasteiger partial charge in [-0.25, -0.2) is 23.7 Å². The largest absolute Gasteiger partial charge is 0.463 e. The standard InChI is InChI=1S/C57H62Cl2N6O22/c1-31(67)75-29-43-44(59)47(78-33(3)69)49(79-34(4)70)56(82-43)87-57(30-58)51(80-35(5)71)46(77-32(2)68)42(86-57)27-65-25-40(61-63-65)28-76-55-50(85-54(74)38-20-13-8-14-21-38)48(84-53(73)37-18-11-7-12-19-37)45(83-52(72)36-16-9-6-10-17-36)41(81-55)26-64-24-39(60-62-64)22-15-23-66/h6-14,16-21,24-25,41-51,55-56,66H,15,22-23,26-30H2,1-5H3/t41-,42-,43-,44+,45-,46-,47+,48+,49-,50-,51+,55-,56-,57+/m1/s1. The average Bonchev–Trinajstić information content (AvgIpc) is 2.14. The molecule has 28 nitrogen and oxygen atoms in total. The van der Waals surface area contributed by atoms with Gasteiger partial charge < -0.3 is 66.7 Å². The van der Waals surface area contributed by atoms with Gasteiger partial charge in [0.25, 0.3) is 0 Å². The van der Waals surface area contributed by atoms with Crippen molar-refractivity contribution in [1.82, 2.24) is 30.0 Å². The Morgan fingerprint density at radius 2 is 1.02 bits per heavy atom. The van der Waals surface area contributed by atoms with E-state index in [0.717, 1.165) is 34.6 Å². The van der Waals surface area contributed by atoms with Crippen LogP contribution in [0.4, 0.5) is 0 Å². The molecular weight excluding hydrogens is 1190 g/mol. The van der Waals surface area contributed by atoms with Gasteiger partial charge in [-0.2, -0.15) is 0 Å². The molecule has 3 aliphatic rings. The summed E-state index contributed by atoms with van der Waals surface area (Å²) in [4.78, 5) is 105. The van der Waals surface area contributed by atoms with Gasteiger partial charge >= 0.3 is 47.8 Å². The van der Waals surface area contributed by atoms with Gasteiger partial charge in [0.1, 0.15) is 36.0 Å². The maximum absolute atomic E-state index is 14.2. The zero-order chi connectivity index (χ0) is 62.4. The zero-order valence-electron chi connectivity index (χ0n) is 47.4. The predicted molar refractivity (Wildman–Crippen MR) is 292 cm³/mol. The van der Waals surface area contributed by atoms with Crippen molar-refractivity contribution in [3.63, 3.8) is 0 Å². The molecule has 1 N–H and O–H groups in total. The van der Waals surface area contributed by atoms with Crippen molar-refractivity contribution in [3.05, 3.63) is 131 Å². The molecule has 0 amide bonds. The monoisotopic (exact) mass is 1250 g/mol. The second kappa shape index (κ2) is 30.1. The molecule has 14 atom stereocenters. The number of hydrogen-bond donors (Lipinski definition) is 1. The molecule has 3 aliphatic heterocycles. The van der Waals surface area contributed by atoms with E-state index >= 15 is 0 Å². The van der Waals surface area contributed by atoms with Gasteiger partial charge in [-0.15, -0.1) is 33.4 Å². The number of halogens is 2. The van der Waals surface area contributed by atoms with Crippen molar-refractivity contribution in [2.45, 2.75) is 152 Å². The summed E-state index contributed by atoms with van der Waals surface area (Å²) in [6, 6.07) is 23.7. The molecule has 8 rings (SSSR count). The molecule has 466 valence electrons. The van der Waals surface area contributed by atoms with E-state index in [2.05, 4.69) is 20.6 Å². The quantitative estimate of drug-likeness (QED) is 0.0497. The van der Waals surface area contributed by atoms with E-state index in [1.54, 1.807) is 60.8 Å². The van der Waals surface area contributed by atoms with Crippen molar-refractivity contribution in [1.29, 1.82) is 0 Å². The van der Waals surface area contributed by atoms with E-state index in [-0.39, 0.29) is 42.1 Å². The Labute approximate surface area is 506 Å². The highest BCUT2D eigenvalue weighted by Gasteiger charge is 2.63. The highest BCUT2D eigenvalue weighted by Crippen LogP contribution is 2.43. The summed E-state index contributed by atoms with van der Waals surface area (Å²) in [7, 11) is 0. The lowest BCUT2D eigenvalue weighted by Gasteiger charge is -2.45. The molecule has 0 saturated carbocycles. The highest BCUT2D eigenvalue weighted by atomic mass is 35.5. The normalized spacial score (nSPS) is 26.8. The fraction of sp³-hybridized carbons (Fsp3) is 0.474. The van der Waals surface area contributed by atoms with E-state index in [1.165, 1.54) is 52.0 Å². The minimum atomic E-state index is -2.36. The van der Waals surface area contributed by atoms with Gasteiger partial charge in [0.2, 0.25) is 12.1 Å². The lowest BCUT2D eigenvalue weighted by molar-refractivity contribution is -0.359. The van der Waals surface area contributed by atoms with E-state index in [1.807, 2.05) is 0 Å². The van der Waals surface area contributed by atoms with Gasteiger partial charge in [-0.05, 0) is 49.2 Å². The summed E-state index contributed by atoms with van der Waals surface area (Å²) < 4.78 is 81.1. The lowest BCUT2D eigenvalue weighted by Crippen LogP contribution is -2.63. The van der Waals surface area contributed by atoms with E-state index in [9.17, 15) is 43.5 Å². The second-order valence-corrected chi connectivity index (χ2v) is 20.8. The summed E-state index contributed by atoms with van der Waals surface area (Å²) >= 11 is 13.4. The van der Waals surface area contributed by atoms with Gasteiger partial charge in [-0.1, -0.05) is 65.0 Å². The van der Waals surface area contributed by atoms with Gasteiger partial charge in [0, 0.05) is 47.4 Å². The molecule has 0 unspecified atom stereocenters. The number of aliphatic hydroxyl groups excluding tert-OH is 1. The Balaban J connectivity index is 1.12. The number of carbonyl (C=O) groups is 8. The third kappa shape index (κ3) is 17.0. The minimum absolute atomic E-state index is 0.0766. The Bertz CT molecular complexity index is 3180. The molecule has 0 aliphatic carbocycles. The molecule has 30 heteroatoms. The van der Waals surface area contributed by atoms with Crippen LogP contribution in [0.15, 0.2) is 103 Å². The van der Waals surface area contributed by atoms with Crippen LogP contribution in [0.5, 0.6) is 0 Å². The molecule has 0 spiro atoms. The Morgan fingerprint density at radius 1 is 0.552 bits per heavy atom. The summed E-state index contributed by atoms with van der Waals surface area (Å²) in [5.74, 6) is -10.0. The third-order valence-electron chi connectivity index (χ3n) is 13.4. The van der Waals surface area contributed by atoms with Crippen LogP contribution in [0.3, 0.4) is 0 Å². The van der Waals surface area contributed by atoms with Crippen LogP contribution in [-0.4, -0.2) is 187 Å². The molecule has 3 saturated heterocycles. The van der Waals surface area contributed by atoms with Gasteiger partial charge in [0.05, 0.1) is 54.2 Å². The fourth-order valence-corrected chi connectivity index (χ4v) is 10.3. The topological polar surface area (TPSA) is 338 Å². The van der Waals surface area contributed by atoms with Gasteiger partial charge in [-0.3, -0.25) is 24.0 Å². The van der Waals surface area contributed by atoms with Crippen LogP contribution in [0.25, 0.3) is 0 Å². The number of benzene rings is 3.